The summed E-state index contributed by atoms with van der Waals surface area (Å²) in [5, 5.41) is 15.0. The third kappa shape index (κ3) is 3.38. The summed E-state index contributed by atoms with van der Waals surface area (Å²) in [4.78, 5) is 25.8. The molecule has 0 radical (unpaired) electrons. The molecule has 0 saturated heterocycles. The molecular weight excluding hydrogens is 272 g/mol. The lowest BCUT2D eigenvalue weighted by atomic mass is 10.2. The minimum Gasteiger partial charge on any atom is -0.508 e. The number of H-pyrrole nitrogens is 1. The van der Waals surface area contributed by atoms with E-state index >= 15 is 0 Å². The van der Waals surface area contributed by atoms with Crippen molar-refractivity contribution in [2.24, 2.45) is 12.1 Å². The molecule has 2 N–H and O–H groups in total. The molecule has 0 aliphatic rings. The van der Waals surface area contributed by atoms with E-state index in [1.165, 1.54) is 18.1 Å². The first-order valence-corrected chi connectivity index (χ1v) is 6.42. The molecule has 7 nitrogen and oxygen atoms in total. The summed E-state index contributed by atoms with van der Waals surface area (Å²) in [5.41, 5.74) is -0.0970. The molecule has 110 valence electrons. The fraction of sp³-hybridized carbons (Fsp3) is 0.214. The SMILES string of the molecule is CCN(/N=C/c1ccc(O)cc1)c1cc(=O)n(C)c(=O)[nH]1. The van der Waals surface area contributed by atoms with Crippen LogP contribution in [0.25, 0.3) is 0 Å². The van der Waals surface area contributed by atoms with Crippen LogP contribution in [0.4, 0.5) is 5.82 Å². The third-order valence-electron chi connectivity index (χ3n) is 2.95. The zero-order valence-electron chi connectivity index (χ0n) is 11.8. The molecule has 0 fully saturated rings. The highest BCUT2D eigenvalue weighted by molar-refractivity contribution is 5.80. The predicted octanol–water partition coefficient (Wildman–Crippen LogP) is 0.640. The maximum absolute atomic E-state index is 11.6. The first-order chi connectivity index (χ1) is 10.0. The first-order valence-electron chi connectivity index (χ1n) is 6.42. The van der Waals surface area contributed by atoms with Crippen molar-refractivity contribution in [1.82, 2.24) is 9.55 Å². The van der Waals surface area contributed by atoms with Gasteiger partial charge in [0.05, 0.1) is 6.21 Å². The van der Waals surface area contributed by atoms with E-state index in [1.807, 2.05) is 6.92 Å². The lowest BCUT2D eigenvalue weighted by Gasteiger charge is -2.16. The maximum Gasteiger partial charge on any atom is 0.329 e. The number of phenols is 1. The second-order valence-corrected chi connectivity index (χ2v) is 4.41. The Morgan fingerprint density at radius 2 is 2.00 bits per heavy atom. The van der Waals surface area contributed by atoms with Gasteiger partial charge in [0.15, 0.2) is 0 Å². The molecule has 2 rings (SSSR count). The van der Waals surface area contributed by atoms with Crippen LogP contribution in [0, 0.1) is 0 Å². The fourth-order valence-corrected chi connectivity index (χ4v) is 1.69. The van der Waals surface area contributed by atoms with Gasteiger partial charge in [-0.3, -0.25) is 14.3 Å². The molecule has 0 unspecified atom stereocenters. The molecule has 0 atom stereocenters. The van der Waals surface area contributed by atoms with Crippen molar-refractivity contribution in [3.8, 4) is 5.75 Å². The minimum atomic E-state index is -0.490. The van der Waals surface area contributed by atoms with Crippen LogP contribution < -0.4 is 16.3 Å². The highest BCUT2D eigenvalue weighted by atomic mass is 16.3. The largest absolute Gasteiger partial charge is 0.508 e. The monoisotopic (exact) mass is 288 g/mol. The molecule has 0 amide bonds. The van der Waals surface area contributed by atoms with E-state index in [4.69, 9.17) is 0 Å². The van der Waals surface area contributed by atoms with Gasteiger partial charge in [-0.15, -0.1) is 0 Å². The number of phenolic OH excluding ortho intramolecular Hbond substituents is 1. The number of hydrazone groups is 1. The zero-order chi connectivity index (χ0) is 15.4. The lowest BCUT2D eigenvalue weighted by Crippen LogP contribution is -2.34. The second-order valence-electron chi connectivity index (χ2n) is 4.41. The van der Waals surface area contributed by atoms with Gasteiger partial charge in [0.25, 0.3) is 5.56 Å². The van der Waals surface area contributed by atoms with E-state index < -0.39 is 11.2 Å². The van der Waals surface area contributed by atoms with E-state index in [0.717, 1.165) is 10.1 Å². The number of anilines is 1. The summed E-state index contributed by atoms with van der Waals surface area (Å²) < 4.78 is 0.987. The van der Waals surface area contributed by atoms with Gasteiger partial charge in [0, 0.05) is 19.7 Å². The van der Waals surface area contributed by atoms with Crippen LogP contribution in [0.2, 0.25) is 0 Å². The number of nitrogens with zero attached hydrogens (tertiary/aromatic N) is 3. The molecule has 0 aliphatic carbocycles. The molecule has 1 aromatic heterocycles. The predicted molar refractivity (Wildman–Crippen MR) is 81.0 cm³/mol. The van der Waals surface area contributed by atoms with Crippen LogP contribution in [0.5, 0.6) is 5.75 Å². The molecule has 2 aromatic rings. The Morgan fingerprint density at radius 1 is 1.33 bits per heavy atom. The summed E-state index contributed by atoms with van der Waals surface area (Å²) in [5.74, 6) is 0.510. The average molecular weight is 288 g/mol. The van der Waals surface area contributed by atoms with Crippen LogP contribution >= 0.6 is 0 Å². The van der Waals surface area contributed by atoms with Gasteiger partial charge in [-0.05, 0) is 36.8 Å². The van der Waals surface area contributed by atoms with Crippen LogP contribution in [0.15, 0.2) is 45.0 Å². The normalized spacial score (nSPS) is 11.0. The summed E-state index contributed by atoms with van der Waals surface area (Å²) in [7, 11) is 1.40. The standard InChI is InChI=1S/C14H16N4O3/c1-3-18(12-8-13(20)17(2)14(21)16-12)15-9-10-4-6-11(19)7-5-10/h4-9,19H,3H2,1-2H3,(H,16,21)/b15-9+. The molecule has 21 heavy (non-hydrogen) atoms. The average Bonchev–Trinajstić information content (AvgIpc) is 2.47. The van der Waals surface area contributed by atoms with Crippen molar-refractivity contribution in [1.29, 1.82) is 0 Å². The van der Waals surface area contributed by atoms with Crippen molar-refractivity contribution >= 4 is 12.0 Å². The Balaban J connectivity index is 2.30. The highest BCUT2D eigenvalue weighted by Gasteiger charge is 2.06. The molecule has 0 saturated carbocycles. The number of rotatable bonds is 4. The minimum absolute atomic E-state index is 0.176. The van der Waals surface area contributed by atoms with Gasteiger partial charge in [-0.2, -0.15) is 5.10 Å². The molecular formula is C14H16N4O3. The maximum atomic E-state index is 11.6. The quantitative estimate of drug-likeness (QED) is 0.638. The zero-order valence-corrected chi connectivity index (χ0v) is 11.8. The Hall–Kier alpha value is -2.83. The number of hydrogen-bond acceptors (Lipinski definition) is 5. The summed E-state index contributed by atoms with van der Waals surface area (Å²) in [6, 6.07) is 7.84. The molecule has 7 heteroatoms. The van der Waals surface area contributed by atoms with E-state index in [0.29, 0.717) is 12.4 Å². The van der Waals surface area contributed by atoms with Gasteiger partial charge in [0.1, 0.15) is 11.6 Å². The van der Waals surface area contributed by atoms with Gasteiger partial charge in [-0.25, -0.2) is 9.80 Å². The summed E-state index contributed by atoms with van der Waals surface area (Å²) >= 11 is 0. The van der Waals surface area contributed by atoms with Crippen LogP contribution in [-0.4, -0.2) is 27.4 Å². The van der Waals surface area contributed by atoms with Crippen LogP contribution in [0.1, 0.15) is 12.5 Å². The Bertz CT molecular complexity index is 728. The highest BCUT2D eigenvalue weighted by Crippen LogP contribution is 2.09. The molecule has 0 spiro atoms. The number of aromatic hydroxyl groups is 1. The Kier molecular flexibility index (Phi) is 4.22. The molecule has 1 heterocycles. The smallest absolute Gasteiger partial charge is 0.329 e. The van der Waals surface area contributed by atoms with Crippen LogP contribution in [-0.2, 0) is 7.05 Å². The summed E-state index contributed by atoms with van der Waals surface area (Å²) in [6.45, 7) is 2.33. The van der Waals surface area contributed by atoms with Crippen molar-refractivity contribution in [3.63, 3.8) is 0 Å². The second kappa shape index (κ2) is 6.08. The number of nitrogens with one attached hydrogen (secondary N) is 1. The van der Waals surface area contributed by atoms with E-state index in [2.05, 4.69) is 10.1 Å². The van der Waals surface area contributed by atoms with Crippen molar-refractivity contribution in [2.45, 2.75) is 6.92 Å². The number of hydrogen-bond donors (Lipinski definition) is 2. The van der Waals surface area contributed by atoms with E-state index in [9.17, 15) is 14.7 Å². The van der Waals surface area contributed by atoms with Crippen molar-refractivity contribution < 1.29 is 5.11 Å². The van der Waals surface area contributed by atoms with Gasteiger partial charge < -0.3 is 5.11 Å². The van der Waals surface area contributed by atoms with E-state index in [-0.39, 0.29) is 5.75 Å². The van der Waals surface area contributed by atoms with E-state index in [1.54, 1.807) is 30.5 Å². The van der Waals surface area contributed by atoms with Crippen molar-refractivity contribution in [2.75, 3.05) is 11.6 Å². The molecule has 0 aliphatic heterocycles. The number of benzene rings is 1. The summed E-state index contributed by atoms with van der Waals surface area (Å²) in [6.07, 6.45) is 1.58. The third-order valence-corrected chi connectivity index (χ3v) is 2.95. The fourth-order valence-electron chi connectivity index (χ4n) is 1.69. The molecule has 0 bridgehead atoms. The van der Waals surface area contributed by atoms with Gasteiger partial charge >= 0.3 is 5.69 Å². The first kappa shape index (κ1) is 14.6. The Labute approximate surface area is 120 Å². The number of aromatic amines is 1. The van der Waals surface area contributed by atoms with Crippen LogP contribution in [0.3, 0.4) is 0 Å². The lowest BCUT2D eigenvalue weighted by molar-refractivity contribution is 0.475. The topological polar surface area (TPSA) is 90.7 Å². The molecule has 1 aromatic carbocycles. The van der Waals surface area contributed by atoms with Crippen molar-refractivity contribution in [3.05, 3.63) is 56.7 Å². The van der Waals surface area contributed by atoms with Gasteiger partial charge in [0.2, 0.25) is 0 Å². The number of aromatic nitrogens is 2. The van der Waals surface area contributed by atoms with Gasteiger partial charge in [-0.1, -0.05) is 0 Å². The Morgan fingerprint density at radius 3 is 2.57 bits per heavy atom.